The first-order valence-corrected chi connectivity index (χ1v) is 11.3. The number of fused-ring (bicyclic) bond motifs is 1. The summed E-state index contributed by atoms with van der Waals surface area (Å²) in [5.74, 6) is -0.126. The van der Waals surface area contributed by atoms with Crippen LogP contribution in [0.3, 0.4) is 0 Å². The Bertz CT molecular complexity index is 1210. The Hall–Kier alpha value is -3.72. The zero-order valence-electron chi connectivity index (χ0n) is 18.9. The summed E-state index contributed by atoms with van der Waals surface area (Å²) in [4.78, 5) is 33.5. The van der Waals surface area contributed by atoms with Crippen LogP contribution >= 0.6 is 0 Å². The normalized spacial score (nSPS) is 17.3. The van der Waals surface area contributed by atoms with E-state index in [0.29, 0.717) is 43.0 Å². The van der Waals surface area contributed by atoms with Gasteiger partial charge in [-0.15, -0.1) is 0 Å². The molecule has 5 rings (SSSR count). The van der Waals surface area contributed by atoms with E-state index in [2.05, 4.69) is 10.4 Å². The smallest absolute Gasteiger partial charge is 0.275 e. The number of carbonyl (C=O) groups is 2. The van der Waals surface area contributed by atoms with Crippen LogP contribution in [-0.4, -0.2) is 68.3 Å². The standard InChI is InChI=1S/C25H26FN5O3/c1-17-2-4-18(5-3-17)22-27-14-21-24(33)30(16-28-31(21)22)15-25(34)10-12-29(13-11-25)23(32)19-6-8-20(26)9-7-19/h2-9,14,28,34H,10-13,15-16H2,1H3. The zero-order valence-corrected chi connectivity index (χ0v) is 18.9. The third-order valence-corrected chi connectivity index (χ3v) is 6.56. The molecule has 34 heavy (non-hydrogen) atoms. The van der Waals surface area contributed by atoms with E-state index in [1.165, 1.54) is 24.3 Å². The second-order valence-corrected chi connectivity index (χ2v) is 9.01. The average Bonchev–Trinajstić information content (AvgIpc) is 3.27. The molecule has 3 heterocycles. The highest BCUT2D eigenvalue weighted by molar-refractivity contribution is 5.95. The van der Waals surface area contributed by atoms with E-state index in [9.17, 15) is 19.1 Å². The van der Waals surface area contributed by atoms with Crippen LogP contribution in [0.15, 0.2) is 54.7 Å². The molecule has 3 aromatic rings. The minimum Gasteiger partial charge on any atom is -0.388 e. The van der Waals surface area contributed by atoms with E-state index < -0.39 is 11.4 Å². The molecule has 0 aliphatic carbocycles. The largest absolute Gasteiger partial charge is 0.388 e. The van der Waals surface area contributed by atoms with Gasteiger partial charge in [-0.25, -0.2) is 14.1 Å². The number of hydrogen-bond acceptors (Lipinski definition) is 5. The van der Waals surface area contributed by atoms with Gasteiger partial charge < -0.3 is 20.3 Å². The minimum atomic E-state index is -1.10. The second kappa shape index (κ2) is 8.57. The summed E-state index contributed by atoms with van der Waals surface area (Å²) >= 11 is 0. The number of nitrogens with zero attached hydrogens (tertiary/aromatic N) is 4. The van der Waals surface area contributed by atoms with Crippen molar-refractivity contribution in [2.75, 3.05) is 31.7 Å². The van der Waals surface area contributed by atoms with E-state index in [0.717, 1.165) is 11.1 Å². The van der Waals surface area contributed by atoms with Gasteiger partial charge in [0.1, 0.15) is 18.2 Å². The van der Waals surface area contributed by atoms with Gasteiger partial charge in [0.25, 0.3) is 11.8 Å². The Labute approximate surface area is 196 Å². The predicted octanol–water partition coefficient (Wildman–Crippen LogP) is 2.62. The molecule has 2 N–H and O–H groups in total. The number of rotatable bonds is 4. The first kappa shape index (κ1) is 22.1. The molecule has 2 amide bonds. The number of halogens is 1. The van der Waals surface area contributed by atoms with E-state index in [-0.39, 0.29) is 25.0 Å². The second-order valence-electron chi connectivity index (χ2n) is 9.01. The lowest BCUT2D eigenvalue weighted by atomic mass is 9.90. The first-order chi connectivity index (χ1) is 16.3. The first-order valence-electron chi connectivity index (χ1n) is 11.3. The fourth-order valence-electron chi connectivity index (χ4n) is 4.50. The molecule has 0 unspecified atom stereocenters. The molecule has 0 bridgehead atoms. The van der Waals surface area contributed by atoms with E-state index in [4.69, 9.17) is 0 Å². The number of aliphatic hydroxyl groups is 1. The molecule has 176 valence electrons. The Kier molecular flexibility index (Phi) is 5.57. The lowest BCUT2D eigenvalue weighted by Gasteiger charge is -2.42. The number of β-amino-alcohol motifs (C(OH)–C–C–N with tert-alkyl or cyclic N) is 1. The highest BCUT2D eigenvalue weighted by atomic mass is 19.1. The molecular weight excluding hydrogens is 437 g/mol. The number of amides is 2. The Morgan fingerprint density at radius 3 is 2.47 bits per heavy atom. The maximum absolute atomic E-state index is 13.1. The molecule has 2 aliphatic heterocycles. The molecule has 0 spiro atoms. The summed E-state index contributed by atoms with van der Waals surface area (Å²) in [6, 6.07) is 13.4. The molecule has 1 saturated heterocycles. The van der Waals surface area contributed by atoms with E-state index >= 15 is 0 Å². The van der Waals surface area contributed by atoms with Crippen molar-refractivity contribution in [2.45, 2.75) is 25.4 Å². The quantitative estimate of drug-likeness (QED) is 0.621. The molecule has 1 fully saturated rings. The van der Waals surface area contributed by atoms with Gasteiger partial charge in [-0.1, -0.05) is 29.8 Å². The van der Waals surface area contributed by atoms with Crippen molar-refractivity contribution in [1.82, 2.24) is 19.5 Å². The van der Waals surface area contributed by atoms with Crippen LogP contribution in [0.5, 0.6) is 0 Å². The summed E-state index contributed by atoms with van der Waals surface area (Å²) < 4.78 is 14.8. The average molecular weight is 464 g/mol. The lowest BCUT2D eigenvalue weighted by molar-refractivity contribution is -0.0369. The van der Waals surface area contributed by atoms with E-state index in [1.807, 2.05) is 31.2 Å². The Morgan fingerprint density at radius 2 is 1.79 bits per heavy atom. The Balaban J connectivity index is 1.24. The number of benzene rings is 2. The SMILES string of the molecule is Cc1ccc(-c2ncc3n2NCN(CC2(O)CCN(C(=O)c4ccc(F)cc4)CC2)C3=O)cc1. The van der Waals surface area contributed by atoms with Gasteiger partial charge in [0.05, 0.1) is 18.3 Å². The third kappa shape index (κ3) is 4.14. The maximum Gasteiger partial charge on any atom is 0.275 e. The highest BCUT2D eigenvalue weighted by Crippen LogP contribution is 2.27. The summed E-state index contributed by atoms with van der Waals surface area (Å²) in [6.07, 6.45) is 2.24. The molecule has 1 aromatic heterocycles. The number of likely N-dealkylation sites (tertiary alicyclic amines) is 1. The number of hydrogen-bond donors (Lipinski definition) is 2. The molecule has 2 aromatic carbocycles. The van der Waals surface area contributed by atoms with Crippen LogP contribution in [0.1, 0.15) is 39.3 Å². The molecular formula is C25H26FN5O3. The van der Waals surface area contributed by atoms with Gasteiger partial charge in [-0.05, 0) is 44.0 Å². The number of piperidine rings is 1. The monoisotopic (exact) mass is 463 g/mol. The topological polar surface area (TPSA) is 90.7 Å². The predicted molar refractivity (Wildman–Crippen MR) is 124 cm³/mol. The minimum absolute atomic E-state index is 0.155. The molecule has 2 aliphatic rings. The number of aryl methyl sites for hydroxylation is 1. The molecule has 0 radical (unpaired) electrons. The van der Waals surface area contributed by atoms with Crippen molar-refractivity contribution in [3.8, 4) is 11.4 Å². The number of imidazole rings is 1. The van der Waals surface area contributed by atoms with Gasteiger partial charge in [-0.3, -0.25) is 9.59 Å². The van der Waals surface area contributed by atoms with E-state index in [1.54, 1.807) is 20.7 Å². The van der Waals surface area contributed by atoms with Crippen molar-refractivity contribution < 1.29 is 19.1 Å². The van der Waals surface area contributed by atoms with Crippen LogP contribution in [0.25, 0.3) is 11.4 Å². The van der Waals surface area contributed by atoms with Crippen molar-refractivity contribution in [2.24, 2.45) is 0 Å². The molecule has 0 saturated carbocycles. The van der Waals surface area contributed by atoms with Crippen LogP contribution in [-0.2, 0) is 0 Å². The van der Waals surface area contributed by atoms with Gasteiger partial charge >= 0.3 is 0 Å². The summed E-state index contributed by atoms with van der Waals surface area (Å²) in [7, 11) is 0. The van der Waals surface area contributed by atoms with Crippen molar-refractivity contribution in [3.63, 3.8) is 0 Å². The molecule has 0 atom stereocenters. The highest BCUT2D eigenvalue weighted by Gasteiger charge is 2.39. The zero-order chi connectivity index (χ0) is 23.9. The third-order valence-electron chi connectivity index (χ3n) is 6.56. The lowest BCUT2D eigenvalue weighted by Crippen LogP contribution is -2.56. The molecule has 8 nitrogen and oxygen atoms in total. The van der Waals surface area contributed by atoms with Crippen LogP contribution in [0.2, 0.25) is 0 Å². The van der Waals surface area contributed by atoms with Gasteiger partial charge in [0, 0.05) is 24.2 Å². The van der Waals surface area contributed by atoms with Crippen LogP contribution < -0.4 is 5.43 Å². The summed E-state index contributed by atoms with van der Waals surface area (Å²) in [6.45, 7) is 3.12. The Morgan fingerprint density at radius 1 is 1.12 bits per heavy atom. The summed E-state index contributed by atoms with van der Waals surface area (Å²) in [5.41, 5.74) is 4.99. The van der Waals surface area contributed by atoms with Crippen molar-refractivity contribution >= 4 is 11.8 Å². The molecule has 9 heteroatoms. The fourth-order valence-corrected chi connectivity index (χ4v) is 4.50. The van der Waals surface area contributed by atoms with Crippen LogP contribution in [0.4, 0.5) is 4.39 Å². The van der Waals surface area contributed by atoms with Gasteiger partial charge in [-0.2, -0.15) is 0 Å². The van der Waals surface area contributed by atoms with Crippen LogP contribution in [0, 0.1) is 12.7 Å². The van der Waals surface area contributed by atoms with Gasteiger partial charge in [0.2, 0.25) is 0 Å². The van der Waals surface area contributed by atoms with Crippen molar-refractivity contribution in [3.05, 3.63) is 77.4 Å². The summed E-state index contributed by atoms with van der Waals surface area (Å²) in [5, 5.41) is 11.2. The van der Waals surface area contributed by atoms with Gasteiger partial charge in [0.15, 0.2) is 5.82 Å². The number of aromatic nitrogens is 2. The maximum atomic E-state index is 13.1. The number of carbonyl (C=O) groups excluding carboxylic acids is 2. The number of nitrogens with one attached hydrogen (secondary N) is 1. The van der Waals surface area contributed by atoms with Crippen molar-refractivity contribution in [1.29, 1.82) is 0 Å². The fraction of sp³-hybridized carbons (Fsp3) is 0.320.